The Bertz CT molecular complexity index is 378. The summed E-state index contributed by atoms with van der Waals surface area (Å²) in [5.74, 6) is -0.455. The molecule has 0 unspecified atom stereocenters. The molecule has 0 spiro atoms. The van der Waals surface area contributed by atoms with Crippen molar-refractivity contribution >= 4 is 24.2 Å². The molecule has 0 aliphatic carbocycles. The lowest BCUT2D eigenvalue weighted by atomic mass is 10.0. The number of amides is 1. The van der Waals surface area contributed by atoms with Gasteiger partial charge in [0.05, 0.1) is 0 Å². The van der Waals surface area contributed by atoms with Gasteiger partial charge < -0.3 is 5.32 Å². The zero-order chi connectivity index (χ0) is 9.42. The Labute approximate surface area is 80.6 Å². The van der Waals surface area contributed by atoms with Crippen molar-refractivity contribution in [1.82, 2.24) is 0 Å². The quantitative estimate of drug-likeness (QED) is 0.612. The summed E-state index contributed by atoms with van der Waals surface area (Å²) in [7, 11) is 0. The number of fused-ring (bicyclic) bond motifs is 1. The number of hydrogen-bond donors (Lipinski definition) is 2. The van der Waals surface area contributed by atoms with Crippen molar-refractivity contribution in [2.24, 2.45) is 0 Å². The molecule has 0 bridgehead atoms. The van der Waals surface area contributed by atoms with Crippen LogP contribution in [0.2, 0.25) is 0 Å². The van der Waals surface area contributed by atoms with Gasteiger partial charge in [-0.3, -0.25) is 4.79 Å². The highest BCUT2D eigenvalue weighted by atomic mass is 32.1. The fourth-order valence-electron chi connectivity index (χ4n) is 1.39. The van der Waals surface area contributed by atoms with Crippen LogP contribution in [-0.4, -0.2) is 5.91 Å². The Morgan fingerprint density at radius 2 is 2.15 bits per heavy atom. The van der Waals surface area contributed by atoms with Gasteiger partial charge >= 0.3 is 0 Å². The molecule has 68 valence electrons. The highest BCUT2D eigenvalue weighted by Crippen LogP contribution is 2.27. The molecule has 0 fully saturated rings. The van der Waals surface area contributed by atoms with E-state index in [0.717, 1.165) is 5.56 Å². The van der Waals surface area contributed by atoms with Gasteiger partial charge in [-0.1, -0.05) is 0 Å². The molecular weight excluding hydrogens is 189 g/mol. The maximum absolute atomic E-state index is 13.0. The second kappa shape index (κ2) is 3.03. The van der Waals surface area contributed by atoms with Gasteiger partial charge in [-0.2, -0.15) is 0 Å². The van der Waals surface area contributed by atoms with E-state index in [1.165, 1.54) is 6.07 Å². The maximum Gasteiger partial charge on any atom is 0.224 e. The zero-order valence-electron chi connectivity index (χ0n) is 6.80. The summed E-state index contributed by atoms with van der Waals surface area (Å²) in [6, 6.07) is 2.97. The Morgan fingerprint density at radius 3 is 2.92 bits per heavy atom. The standard InChI is InChI=1S/C9H8FNOS/c10-6-4-7-5(3-8(6)13)1-2-9(12)11-7/h3-4,13H,1-2H2,(H,11,12). The van der Waals surface area contributed by atoms with Crippen LogP contribution in [0.4, 0.5) is 10.1 Å². The summed E-state index contributed by atoms with van der Waals surface area (Å²) in [5.41, 5.74) is 1.53. The van der Waals surface area contributed by atoms with Gasteiger partial charge in [0.15, 0.2) is 0 Å². The number of nitrogens with one attached hydrogen (secondary N) is 1. The van der Waals surface area contributed by atoms with E-state index in [1.807, 2.05) is 0 Å². The monoisotopic (exact) mass is 197 g/mol. The van der Waals surface area contributed by atoms with Gasteiger partial charge in [0, 0.05) is 17.0 Å². The molecule has 1 heterocycles. The molecule has 0 atom stereocenters. The number of hydrogen-bond acceptors (Lipinski definition) is 2. The number of carbonyl (C=O) groups excluding carboxylic acids is 1. The zero-order valence-corrected chi connectivity index (χ0v) is 7.70. The van der Waals surface area contributed by atoms with Crippen molar-refractivity contribution < 1.29 is 9.18 Å². The normalized spacial score (nSPS) is 15.1. The van der Waals surface area contributed by atoms with Gasteiger partial charge in [0.25, 0.3) is 0 Å². The first-order valence-electron chi connectivity index (χ1n) is 3.98. The fraction of sp³-hybridized carbons (Fsp3) is 0.222. The molecule has 0 saturated carbocycles. The van der Waals surface area contributed by atoms with Gasteiger partial charge in [-0.05, 0) is 24.1 Å². The second-order valence-electron chi connectivity index (χ2n) is 3.01. The van der Waals surface area contributed by atoms with E-state index in [0.29, 0.717) is 23.4 Å². The predicted octanol–water partition coefficient (Wildman–Crippen LogP) is 2.00. The first-order valence-corrected chi connectivity index (χ1v) is 4.43. The van der Waals surface area contributed by atoms with Gasteiger partial charge in [0.2, 0.25) is 5.91 Å². The van der Waals surface area contributed by atoms with Crippen LogP contribution in [0.15, 0.2) is 17.0 Å². The molecule has 1 aliphatic heterocycles. The van der Waals surface area contributed by atoms with E-state index in [1.54, 1.807) is 6.07 Å². The summed E-state index contributed by atoms with van der Waals surface area (Å²) in [6.45, 7) is 0. The average Bonchev–Trinajstić information content (AvgIpc) is 2.08. The minimum Gasteiger partial charge on any atom is -0.326 e. The molecule has 1 aromatic carbocycles. The van der Waals surface area contributed by atoms with E-state index in [2.05, 4.69) is 17.9 Å². The van der Waals surface area contributed by atoms with E-state index in [4.69, 9.17) is 0 Å². The van der Waals surface area contributed by atoms with E-state index in [9.17, 15) is 9.18 Å². The summed E-state index contributed by atoms with van der Waals surface area (Å²) in [6.07, 6.45) is 1.13. The number of benzene rings is 1. The van der Waals surface area contributed by atoms with E-state index in [-0.39, 0.29) is 5.91 Å². The molecule has 4 heteroatoms. The van der Waals surface area contributed by atoms with Crippen LogP contribution in [0.1, 0.15) is 12.0 Å². The highest BCUT2D eigenvalue weighted by Gasteiger charge is 2.16. The molecule has 1 amide bonds. The van der Waals surface area contributed by atoms with E-state index >= 15 is 0 Å². The van der Waals surface area contributed by atoms with Crippen LogP contribution in [0.25, 0.3) is 0 Å². The van der Waals surface area contributed by atoms with Gasteiger partial charge in [-0.15, -0.1) is 12.6 Å². The summed E-state index contributed by atoms with van der Waals surface area (Å²) in [5, 5.41) is 2.62. The molecule has 0 aromatic heterocycles. The lowest BCUT2D eigenvalue weighted by Crippen LogP contribution is -2.19. The first-order chi connectivity index (χ1) is 6.16. The first kappa shape index (κ1) is 8.56. The molecule has 1 aromatic rings. The fourth-order valence-corrected chi connectivity index (χ4v) is 1.61. The smallest absolute Gasteiger partial charge is 0.224 e. The average molecular weight is 197 g/mol. The number of carbonyl (C=O) groups is 1. The van der Waals surface area contributed by atoms with Crippen molar-refractivity contribution in [3.63, 3.8) is 0 Å². The van der Waals surface area contributed by atoms with Crippen molar-refractivity contribution in [3.8, 4) is 0 Å². The number of halogens is 1. The number of rotatable bonds is 0. The Morgan fingerprint density at radius 1 is 1.38 bits per heavy atom. The molecule has 2 nitrogen and oxygen atoms in total. The Balaban J connectivity index is 2.49. The molecule has 1 aliphatic rings. The van der Waals surface area contributed by atoms with Crippen LogP contribution in [0, 0.1) is 5.82 Å². The topological polar surface area (TPSA) is 29.1 Å². The van der Waals surface area contributed by atoms with Crippen LogP contribution < -0.4 is 5.32 Å². The minimum absolute atomic E-state index is 0.0567. The lowest BCUT2D eigenvalue weighted by Gasteiger charge is -2.16. The van der Waals surface area contributed by atoms with Gasteiger partial charge in [0.1, 0.15) is 5.82 Å². The van der Waals surface area contributed by atoms with Crippen LogP contribution in [0.3, 0.4) is 0 Å². The molecular formula is C9H8FNOS. The third-order valence-corrected chi connectivity index (χ3v) is 2.41. The predicted molar refractivity (Wildman–Crippen MR) is 50.6 cm³/mol. The van der Waals surface area contributed by atoms with Gasteiger partial charge in [-0.25, -0.2) is 4.39 Å². The van der Waals surface area contributed by atoms with Crippen LogP contribution in [-0.2, 0) is 11.2 Å². The Hall–Kier alpha value is -1.03. The molecule has 2 rings (SSSR count). The van der Waals surface area contributed by atoms with Crippen LogP contribution >= 0.6 is 12.6 Å². The second-order valence-corrected chi connectivity index (χ2v) is 3.49. The lowest BCUT2D eigenvalue weighted by molar-refractivity contribution is -0.116. The minimum atomic E-state index is -0.399. The Kier molecular flexibility index (Phi) is 2.00. The number of thiol groups is 1. The largest absolute Gasteiger partial charge is 0.326 e. The highest BCUT2D eigenvalue weighted by molar-refractivity contribution is 7.80. The van der Waals surface area contributed by atoms with Crippen LogP contribution in [0.5, 0.6) is 0 Å². The molecule has 13 heavy (non-hydrogen) atoms. The third-order valence-electron chi connectivity index (χ3n) is 2.07. The van der Waals surface area contributed by atoms with Crippen molar-refractivity contribution in [2.45, 2.75) is 17.7 Å². The SMILES string of the molecule is O=C1CCc2cc(S)c(F)cc2N1. The summed E-state index contributed by atoms with van der Waals surface area (Å²) < 4.78 is 13.0. The van der Waals surface area contributed by atoms with Crippen molar-refractivity contribution in [3.05, 3.63) is 23.5 Å². The maximum atomic E-state index is 13.0. The number of aryl methyl sites for hydroxylation is 1. The third kappa shape index (κ3) is 1.54. The summed E-state index contributed by atoms with van der Waals surface area (Å²) in [4.78, 5) is 11.3. The molecule has 0 radical (unpaired) electrons. The molecule has 0 saturated heterocycles. The van der Waals surface area contributed by atoms with Crippen molar-refractivity contribution in [1.29, 1.82) is 0 Å². The van der Waals surface area contributed by atoms with Crippen molar-refractivity contribution in [2.75, 3.05) is 5.32 Å². The number of anilines is 1. The summed E-state index contributed by atoms with van der Waals surface area (Å²) >= 11 is 3.97. The van der Waals surface area contributed by atoms with E-state index < -0.39 is 5.82 Å². The molecule has 1 N–H and O–H groups in total.